The molecular weight excluding hydrogens is 246 g/mol. The Kier molecular flexibility index (Phi) is 4.33. The van der Waals surface area contributed by atoms with Crippen molar-refractivity contribution < 1.29 is 9.59 Å². The van der Waals surface area contributed by atoms with Gasteiger partial charge in [0.15, 0.2) is 0 Å². The third-order valence-corrected chi connectivity index (χ3v) is 3.13. The van der Waals surface area contributed by atoms with Crippen LogP contribution < -0.4 is 10.9 Å². The molecule has 0 atom stereocenters. The molecule has 0 spiro atoms. The number of carbonyl (C=O) groups excluding carboxylic acids is 2. The molecule has 2 rings (SSSR count). The Balaban J connectivity index is 1.89. The maximum atomic E-state index is 12.0. The largest absolute Gasteiger partial charge is 0.354 e. The molecule has 102 valence electrons. The first kappa shape index (κ1) is 13.3. The summed E-state index contributed by atoms with van der Waals surface area (Å²) in [6.07, 6.45) is 2.29. The molecule has 1 aliphatic rings. The van der Waals surface area contributed by atoms with E-state index < -0.39 is 0 Å². The van der Waals surface area contributed by atoms with Gasteiger partial charge in [0, 0.05) is 51.3 Å². The van der Waals surface area contributed by atoms with Crippen molar-refractivity contribution >= 4 is 11.8 Å². The maximum Gasteiger partial charge on any atom is 0.250 e. The second-order valence-corrected chi connectivity index (χ2v) is 4.46. The van der Waals surface area contributed by atoms with Gasteiger partial charge in [-0.3, -0.25) is 14.4 Å². The molecule has 1 fully saturated rings. The molecule has 0 aromatic carbocycles. The lowest BCUT2D eigenvalue weighted by Crippen LogP contribution is -2.35. The fraction of sp³-hybridized carbons (Fsp3) is 0.462. The van der Waals surface area contributed by atoms with Crippen molar-refractivity contribution in [3.8, 4) is 0 Å². The quantitative estimate of drug-likeness (QED) is 0.805. The first-order valence-corrected chi connectivity index (χ1v) is 6.37. The summed E-state index contributed by atoms with van der Waals surface area (Å²) in [5.41, 5.74) is -0.108. The van der Waals surface area contributed by atoms with Crippen molar-refractivity contribution in [2.45, 2.75) is 19.4 Å². The predicted molar refractivity (Wildman–Crippen MR) is 69.5 cm³/mol. The van der Waals surface area contributed by atoms with Gasteiger partial charge in [-0.15, -0.1) is 0 Å². The summed E-state index contributed by atoms with van der Waals surface area (Å²) in [5.74, 6) is -0.0400. The van der Waals surface area contributed by atoms with Gasteiger partial charge in [0.2, 0.25) is 11.8 Å². The van der Waals surface area contributed by atoms with Crippen LogP contribution in [0.3, 0.4) is 0 Å². The average Bonchev–Trinajstić information content (AvgIpc) is 2.62. The number of hydrogen-bond donors (Lipinski definition) is 1. The van der Waals surface area contributed by atoms with Crippen LogP contribution in [-0.2, 0) is 16.1 Å². The summed E-state index contributed by atoms with van der Waals surface area (Å²) in [7, 11) is 0. The molecule has 6 heteroatoms. The van der Waals surface area contributed by atoms with E-state index in [-0.39, 0.29) is 23.8 Å². The number of rotatable bonds is 3. The highest BCUT2D eigenvalue weighted by atomic mass is 16.2. The van der Waals surface area contributed by atoms with E-state index in [1.165, 1.54) is 10.6 Å². The first-order valence-electron chi connectivity index (χ1n) is 6.37. The molecule has 0 bridgehead atoms. The van der Waals surface area contributed by atoms with Crippen LogP contribution in [0.1, 0.15) is 12.8 Å². The van der Waals surface area contributed by atoms with E-state index in [4.69, 9.17) is 0 Å². The molecule has 1 aromatic heterocycles. The van der Waals surface area contributed by atoms with Gasteiger partial charge in [-0.2, -0.15) is 0 Å². The fourth-order valence-electron chi connectivity index (χ4n) is 2.04. The molecule has 1 aromatic rings. The van der Waals surface area contributed by atoms with Gasteiger partial charge in [0.05, 0.1) is 0 Å². The molecule has 1 aliphatic heterocycles. The number of carbonyl (C=O) groups is 2. The highest BCUT2D eigenvalue weighted by Gasteiger charge is 2.17. The third-order valence-electron chi connectivity index (χ3n) is 3.13. The molecular formula is C13H17N3O3. The summed E-state index contributed by atoms with van der Waals surface area (Å²) in [6.45, 7) is 1.86. The van der Waals surface area contributed by atoms with Gasteiger partial charge < -0.3 is 14.8 Å². The molecule has 2 amide bonds. The monoisotopic (exact) mass is 263 g/mol. The maximum absolute atomic E-state index is 12.0. The van der Waals surface area contributed by atoms with Crippen LogP contribution in [0.2, 0.25) is 0 Å². The van der Waals surface area contributed by atoms with E-state index in [0.29, 0.717) is 32.6 Å². The van der Waals surface area contributed by atoms with E-state index in [0.717, 1.165) is 0 Å². The SMILES string of the molecule is O=C1CCN(C(=O)CCn2ccccc2=O)CCN1. The Labute approximate surface area is 111 Å². The third kappa shape index (κ3) is 3.67. The molecule has 1 saturated heterocycles. The Morgan fingerprint density at radius 3 is 2.89 bits per heavy atom. The van der Waals surface area contributed by atoms with Crippen molar-refractivity contribution in [1.82, 2.24) is 14.8 Å². The zero-order chi connectivity index (χ0) is 13.7. The Morgan fingerprint density at radius 1 is 1.26 bits per heavy atom. The lowest BCUT2D eigenvalue weighted by atomic mass is 10.3. The van der Waals surface area contributed by atoms with Crippen LogP contribution in [0, 0.1) is 0 Å². The topological polar surface area (TPSA) is 71.4 Å². The minimum atomic E-state index is -0.108. The van der Waals surface area contributed by atoms with Crippen LogP contribution in [0.15, 0.2) is 29.2 Å². The van der Waals surface area contributed by atoms with E-state index in [1.807, 2.05) is 0 Å². The molecule has 2 heterocycles. The van der Waals surface area contributed by atoms with E-state index >= 15 is 0 Å². The van der Waals surface area contributed by atoms with Gasteiger partial charge >= 0.3 is 0 Å². The van der Waals surface area contributed by atoms with E-state index in [2.05, 4.69) is 5.32 Å². The second kappa shape index (κ2) is 6.17. The lowest BCUT2D eigenvalue weighted by molar-refractivity contribution is -0.131. The summed E-state index contributed by atoms with van der Waals surface area (Å²) in [5, 5.41) is 2.72. The van der Waals surface area contributed by atoms with Crippen LogP contribution >= 0.6 is 0 Å². The summed E-state index contributed by atoms with van der Waals surface area (Å²) in [6, 6.07) is 4.91. The number of aromatic nitrogens is 1. The number of hydrogen-bond acceptors (Lipinski definition) is 3. The predicted octanol–water partition coefficient (Wildman–Crippen LogP) is -0.413. The molecule has 0 aliphatic carbocycles. The van der Waals surface area contributed by atoms with E-state index in [1.54, 1.807) is 23.2 Å². The van der Waals surface area contributed by atoms with Crippen LogP contribution in [0.4, 0.5) is 0 Å². The van der Waals surface area contributed by atoms with Gasteiger partial charge in [-0.05, 0) is 6.07 Å². The number of amides is 2. The summed E-state index contributed by atoms with van der Waals surface area (Å²) >= 11 is 0. The molecule has 0 unspecified atom stereocenters. The molecule has 0 saturated carbocycles. The van der Waals surface area contributed by atoms with Crippen LogP contribution in [0.5, 0.6) is 0 Å². The average molecular weight is 263 g/mol. The lowest BCUT2D eigenvalue weighted by Gasteiger charge is -2.19. The Bertz CT molecular complexity index is 524. The zero-order valence-electron chi connectivity index (χ0n) is 10.7. The fourth-order valence-corrected chi connectivity index (χ4v) is 2.04. The normalized spacial score (nSPS) is 15.8. The first-order chi connectivity index (χ1) is 9.16. The number of pyridine rings is 1. The van der Waals surface area contributed by atoms with Crippen molar-refractivity contribution in [3.63, 3.8) is 0 Å². The Hall–Kier alpha value is -2.11. The zero-order valence-corrected chi connectivity index (χ0v) is 10.7. The minimum Gasteiger partial charge on any atom is -0.354 e. The van der Waals surface area contributed by atoms with Gasteiger partial charge in [0.25, 0.3) is 5.56 Å². The van der Waals surface area contributed by atoms with Gasteiger partial charge in [-0.1, -0.05) is 6.07 Å². The summed E-state index contributed by atoms with van der Waals surface area (Å²) in [4.78, 5) is 36.4. The van der Waals surface area contributed by atoms with Gasteiger partial charge in [0.1, 0.15) is 0 Å². The number of nitrogens with zero attached hydrogens (tertiary/aromatic N) is 2. The van der Waals surface area contributed by atoms with Crippen molar-refractivity contribution in [2.75, 3.05) is 19.6 Å². The van der Waals surface area contributed by atoms with Crippen molar-refractivity contribution in [3.05, 3.63) is 34.7 Å². The molecule has 1 N–H and O–H groups in total. The van der Waals surface area contributed by atoms with E-state index in [9.17, 15) is 14.4 Å². The summed E-state index contributed by atoms with van der Waals surface area (Å²) < 4.78 is 1.51. The van der Waals surface area contributed by atoms with Crippen molar-refractivity contribution in [1.29, 1.82) is 0 Å². The minimum absolute atomic E-state index is 0.0189. The molecule has 19 heavy (non-hydrogen) atoms. The smallest absolute Gasteiger partial charge is 0.250 e. The number of aryl methyl sites for hydroxylation is 1. The number of nitrogens with one attached hydrogen (secondary N) is 1. The highest BCUT2D eigenvalue weighted by Crippen LogP contribution is 2.01. The second-order valence-electron chi connectivity index (χ2n) is 4.46. The molecule has 0 radical (unpaired) electrons. The highest BCUT2D eigenvalue weighted by molar-refractivity contribution is 5.80. The van der Waals surface area contributed by atoms with Crippen LogP contribution in [0.25, 0.3) is 0 Å². The van der Waals surface area contributed by atoms with Crippen molar-refractivity contribution in [2.24, 2.45) is 0 Å². The van der Waals surface area contributed by atoms with Crippen LogP contribution in [-0.4, -0.2) is 40.9 Å². The Morgan fingerprint density at radius 2 is 2.11 bits per heavy atom. The standard InChI is InChI=1S/C13H17N3O3/c17-11-4-8-16(10-6-14-11)13(19)5-9-15-7-2-1-3-12(15)18/h1-3,7H,4-6,8-10H2,(H,14,17). The molecule has 6 nitrogen and oxygen atoms in total. The van der Waals surface area contributed by atoms with Gasteiger partial charge in [-0.25, -0.2) is 0 Å².